The standard InChI is InChI=1S/C17H16O5/c1-11(19)15(21)9-17-13(10-18)7-14(20)8-16(22-17)12-5-3-2-4-6-12/h2-6,8-10,18-19,21H,7H2,1H3/b13-10+,15-11-,17-9+. The largest absolute Gasteiger partial charge is 0.515 e. The van der Waals surface area contributed by atoms with Crippen molar-refractivity contribution in [3.05, 3.63) is 77.2 Å². The Balaban J connectivity index is 2.48. The molecule has 0 atom stereocenters. The van der Waals surface area contributed by atoms with Gasteiger partial charge < -0.3 is 20.1 Å². The van der Waals surface area contributed by atoms with Crippen LogP contribution in [0, 0.1) is 0 Å². The van der Waals surface area contributed by atoms with Crippen molar-refractivity contribution in [3.63, 3.8) is 0 Å². The fraction of sp³-hybridized carbons (Fsp3) is 0.118. The van der Waals surface area contributed by atoms with Crippen molar-refractivity contribution >= 4 is 11.5 Å². The van der Waals surface area contributed by atoms with E-state index in [1.165, 1.54) is 13.0 Å². The second-order valence-corrected chi connectivity index (χ2v) is 4.75. The van der Waals surface area contributed by atoms with Crippen LogP contribution < -0.4 is 0 Å². The third-order valence-electron chi connectivity index (χ3n) is 3.05. The highest BCUT2D eigenvalue weighted by Gasteiger charge is 2.20. The number of aliphatic hydroxyl groups excluding tert-OH is 3. The van der Waals surface area contributed by atoms with Crippen LogP contribution in [0.4, 0.5) is 0 Å². The van der Waals surface area contributed by atoms with Crippen LogP contribution in [0.15, 0.2) is 71.6 Å². The highest BCUT2D eigenvalue weighted by atomic mass is 16.5. The van der Waals surface area contributed by atoms with E-state index in [4.69, 9.17) is 4.74 Å². The molecule has 1 heterocycles. The monoisotopic (exact) mass is 300 g/mol. The molecule has 5 heteroatoms. The number of ether oxygens (including phenoxy) is 1. The number of carbonyl (C=O) groups is 1. The van der Waals surface area contributed by atoms with Gasteiger partial charge >= 0.3 is 0 Å². The van der Waals surface area contributed by atoms with Gasteiger partial charge in [0.1, 0.15) is 17.3 Å². The summed E-state index contributed by atoms with van der Waals surface area (Å²) < 4.78 is 5.66. The van der Waals surface area contributed by atoms with E-state index in [9.17, 15) is 20.1 Å². The molecule has 0 saturated heterocycles. The zero-order valence-corrected chi connectivity index (χ0v) is 12.0. The lowest BCUT2D eigenvalue weighted by Gasteiger charge is -2.12. The Morgan fingerprint density at radius 1 is 1.23 bits per heavy atom. The van der Waals surface area contributed by atoms with Crippen LogP contribution in [0.25, 0.3) is 5.76 Å². The van der Waals surface area contributed by atoms with Crippen molar-refractivity contribution < 1.29 is 24.9 Å². The molecule has 1 aromatic rings. The Labute approximate surface area is 127 Å². The minimum atomic E-state index is -0.406. The van der Waals surface area contributed by atoms with E-state index in [1.54, 1.807) is 24.3 Å². The van der Waals surface area contributed by atoms with Crippen molar-refractivity contribution in [1.29, 1.82) is 0 Å². The van der Waals surface area contributed by atoms with Crippen LogP contribution in [0.3, 0.4) is 0 Å². The van der Waals surface area contributed by atoms with Crippen molar-refractivity contribution in [2.75, 3.05) is 0 Å². The first kappa shape index (κ1) is 15.4. The molecule has 5 nitrogen and oxygen atoms in total. The number of allylic oxidation sites excluding steroid dienone is 4. The molecule has 0 bridgehead atoms. The fourth-order valence-corrected chi connectivity index (χ4v) is 1.89. The van der Waals surface area contributed by atoms with Gasteiger partial charge in [-0.2, -0.15) is 0 Å². The minimum Gasteiger partial charge on any atom is -0.515 e. The van der Waals surface area contributed by atoms with E-state index in [-0.39, 0.29) is 29.3 Å². The maximum atomic E-state index is 11.9. The molecule has 2 rings (SSSR count). The van der Waals surface area contributed by atoms with E-state index in [0.29, 0.717) is 11.3 Å². The van der Waals surface area contributed by atoms with Crippen LogP contribution in [-0.4, -0.2) is 21.1 Å². The summed E-state index contributed by atoms with van der Waals surface area (Å²) in [5, 5.41) is 28.2. The predicted molar refractivity (Wildman–Crippen MR) is 81.9 cm³/mol. The highest BCUT2D eigenvalue weighted by Crippen LogP contribution is 2.29. The Kier molecular flexibility index (Phi) is 4.68. The lowest BCUT2D eigenvalue weighted by molar-refractivity contribution is -0.113. The summed E-state index contributed by atoms with van der Waals surface area (Å²) in [5.41, 5.74) is 0.894. The summed E-state index contributed by atoms with van der Waals surface area (Å²) in [7, 11) is 0. The summed E-state index contributed by atoms with van der Waals surface area (Å²) >= 11 is 0. The molecule has 0 unspecified atom stereocenters. The van der Waals surface area contributed by atoms with Crippen LogP contribution in [-0.2, 0) is 9.53 Å². The molecule has 0 amide bonds. The first-order valence-electron chi connectivity index (χ1n) is 6.63. The second-order valence-electron chi connectivity index (χ2n) is 4.75. The van der Waals surface area contributed by atoms with E-state index in [2.05, 4.69) is 0 Å². The van der Waals surface area contributed by atoms with Gasteiger partial charge in [-0.25, -0.2) is 0 Å². The SMILES string of the molecule is C\C(O)=C(O)/C=C1/OC(c2ccccc2)=CC(=O)C/C1=C\O. The second kappa shape index (κ2) is 6.67. The number of carbonyl (C=O) groups excluding carboxylic acids is 1. The van der Waals surface area contributed by atoms with Crippen molar-refractivity contribution in [1.82, 2.24) is 0 Å². The Morgan fingerprint density at radius 2 is 1.91 bits per heavy atom. The number of rotatable bonds is 2. The zero-order valence-electron chi connectivity index (χ0n) is 12.0. The third kappa shape index (κ3) is 3.58. The molecule has 0 spiro atoms. The van der Waals surface area contributed by atoms with Crippen LogP contribution in [0.1, 0.15) is 18.9 Å². The Hall–Kier alpha value is -2.95. The van der Waals surface area contributed by atoms with E-state index in [0.717, 1.165) is 12.3 Å². The normalized spacial score (nSPS) is 20.2. The molecule has 0 radical (unpaired) electrons. The number of hydrogen-bond acceptors (Lipinski definition) is 5. The quantitative estimate of drug-likeness (QED) is 0.725. The van der Waals surface area contributed by atoms with E-state index in [1.807, 2.05) is 6.07 Å². The average molecular weight is 300 g/mol. The number of ketones is 1. The van der Waals surface area contributed by atoms with Crippen molar-refractivity contribution in [2.24, 2.45) is 0 Å². The molecule has 114 valence electrons. The molecule has 0 saturated carbocycles. The van der Waals surface area contributed by atoms with E-state index >= 15 is 0 Å². The summed E-state index contributed by atoms with van der Waals surface area (Å²) in [5.74, 6) is -0.552. The molecule has 0 aliphatic carbocycles. The van der Waals surface area contributed by atoms with Gasteiger partial charge in [-0.05, 0) is 6.92 Å². The molecule has 1 aliphatic rings. The average Bonchev–Trinajstić information content (AvgIpc) is 2.67. The number of hydrogen-bond donors (Lipinski definition) is 3. The highest BCUT2D eigenvalue weighted by molar-refractivity contribution is 5.98. The smallest absolute Gasteiger partial charge is 0.164 e. The van der Waals surface area contributed by atoms with Gasteiger partial charge in [0.2, 0.25) is 0 Å². The molecule has 22 heavy (non-hydrogen) atoms. The van der Waals surface area contributed by atoms with Crippen LogP contribution >= 0.6 is 0 Å². The molecule has 1 aliphatic heterocycles. The Morgan fingerprint density at radius 3 is 2.50 bits per heavy atom. The summed E-state index contributed by atoms with van der Waals surface area (Å²) in [4.78, 5) is 11.9. The van der Waals surface area contributed by atoms with Gasteiger partial charge in [0.05, 0.1) is 6.26 Å². The molecule has 0 fully saturated rings. The van der Waals surface area contributed by atoms with Gasteiger partial charge in [0.25, 0.3) is 0 Å². The van der Waals surface area contributed by atoms with Crippen LogP contribution in [0.5, 0.6) is 0 Å². The fourth-order valence-electron chi connectivity index (χ4n) is 1.89. The lowest BCUT2D eigenvalue weighted by Crippen LogP contribution is -1.98. The number of benzene rings is 1. The van der Waals surface area contributed by atoms with Gasteiger partial charge in [-0.15, -0.1) is 0 Å². The Bertz CT molecular complexity index is 689. The van der Waals surface area contributed by atoms with Crippen LogP contribution in [0.2, 0.25) is 0 Å². The molecular weight excluding hydrogens is 284 g/mol. The summed E-state index contributed by atoms with van der Waals surface area (Å²) in [6.07, 6.45) is 3.18. The van der Waals surface area contributed by atoms with Crippen molar-refractivity contribution in [3.8, 4) is 0 Å². The summed E-state index contributed by atoms with van der Waals surface area (Å²) in [6.45, 7) is 1.31. The predicted octanol–water partition coefficient (Wildman–Crippen LogP) is 3.69. The maximum Gasteiger partial charge on any atom is 0.164 e. The van der Waals surface area contributed by atoms with Gasteiger partial charge in [-0.1, -0.05) is 30.3 Å². The summed E-state index contributed by atoms with van der Waals surface area (Å²) in [6, 6.07) is 8.99. The molecular formula is C17H16O5. The minimum absolute atomic E-state index is 0.0730. The number of aliphatic hydroxyl groups is 3. The first-order chi connectivity index (χ1) is 10.5. The molecule has 0 aromatic heterocycles. The van der Waals surface area contributed by atoms with Gasteiger partial charge in [-0.3, -0.25) is 4.79 Å². The third-order valence-corrected chi connectivity index (χ3v) is 3.05. The maximum absolute atomic E-state index is 11.9. The van der Waals surface area contributed by atoms with Crippen molar-refractivity contribution in [2.45, 2.75) is 13.3 Å². The topological polar surface area (TPSA) is 87.0 Å². The molecule has 1 aromatic carbocycles. The van der Waals surface area contributed by atoms with Gasteiger partial charge in [0, 0.05) is 29.7 Å². The lowest BCUT2D eigenvalue weighted by atomic mass is 10.1. The molecule has 3 N–H and O–H groups in total. The first-order valence-corrected chi connectivity index (χ1v) is 6.63. The zero-order chi connectivity index (χ0) is 16.1. The van der Waals surface area contributed by atoms with Gasteiger partial charge in [0.15, 0.2) is 11.5 Å². The van der Waals surface area contributed by atoms with E-state index < -0.39 is 5.76 Å².